The number of fused-ring (bicyclic) bond motifs is 30. The Morgan fingerprint density at radius 2 is 0.566 bits per heavy atom. The Hall–Kier alpha value is -17.4. The lowest BCUT2D eigenvalue weighted by Crippen LogP contribution is -2.17. The number of furan rings is 1. The van der Waals surface area contributed by atoms with Crippen LogP contribution in [-0.2, 0) is 21.7 Å². The molecule has 0 bridgehead atoms. The molecular formula is C132H93N9OS. The van der Waals surface area contributed by atoms with Crippen LogP contribution < -0.4 is 0 Å². The molecule has 0 aliphatic heterocycles. The minimum atomic E-state index is -0.254. The van der Waals surface area contributed by atoms with Gasteiger partial charge in [0.25, 0.3) is 0 Å². The summed E-state index contributed by atoms with van der Waals surface area (Å²) in [6.45, 7) is 18.4. The van der Waals surface area contributed by atoms with Gasteiger partial charge in [-0.2, -0.15) is 0 Å². The summed E-state index contributed by atoms with van der Waals surface area (Å²) in [7, 11) is 0. The second-order valence-electron chi connectivity index (χ2n) is 40.6. The van der Waals surface area contributed by atoms with Crippen molar-refractivity contribution >= 4 is 119 Å². The number of rotatable bonds is 9. The van der Waals surface area contributed by atoms with Crippen molar-refractivity contribution in [3.8, 4) is 130 Å². The zero-order valence-electron chi connectivity index (χ0n) is 80.2. The van der Waals surface area contributed by atoms with Crippen LogP contribution in [0.4, 0.5) is 0 Å². The molecule has 10 nitrogen and oxygen atoms in total. The summed E-state index contributed by atoms with van der Waals surface area (Å²) in [6, 6.07) is 150. The van der Waals surface area contributed by atoms with Gasteiger partial charge in [0.1, 0.15) is 11.2 Å². The first kappa shape index (κ1) is 83.8. The smallest absolute Gasteiger partial charge is 0.160 e. The Bertz CT molecular complexity index is 9480. The first-order chi connectivity index (χ1) is 70.0. The van der Waals surface area contributed by atoms with Crippen molar-refractivity contribution in [2.24, 2.45) is 0 Å². The van der Waals surface area contributed by atoms with Crippen LogP contribution in [0.15, 0.2) is 423 Å². The van der Waals surface area contributed by atoms with E-state index >= 15 is 0 Å². The van der Waals surface area contributed by atoms with Crippen LogP contribution in [0.3, 0.4) is 0 Å². The zero-order valence-corrected chi connectivity index (χ0v) is 81.0. The minimum Gasteiger partial charge on any atom is -0.456 e. The zero-order chi connectivity index (χ0) is 95.6. The summed E-state index contributed by atoms with van der Waals surface area (Å²) in [6.07, 6.45) is 0. The number of thiophene rings is 1. The average molecular weight is 1850 g/mol. The maximum atomic E-state index is 6.31. The standard InChI is InChI=1S/C46H35N3.C43H29N3O.C43H29N3S/c1-45(2)34-19-11-8-16-31(34)39-36(45)26-27-38-40(39)33-18-10-13-21-37(33)49(38)30-24-22-28(23-25-30)42-41-32-17-9-12-20-35(32)46(3,4)43(41)48-44(47-42)29-14-6-5-7-15-29;2*1-43(2)32-20-9-6-17-29(32)39-40(44-42(45-41(39)43)26-13-4-3-5-14-26)27-15-12-16-28(25-27)46-33-21-10-7-18-30(33)37-34(46)23-24-36-38(37)31-19-8-11-22-35(31)47-36/h5-27H,1-4H3;2*3-25H,1-2H3. The molecule has 30 rings (SSSR count). The summed E-state index contributed by atoms with van der Waals surface area (Å²) >= 11 is 1.87. The van der Waals surface area contributed by atoms with E-state index in [1.807, 2.05) is 41.7 Å². The number of benzene rings is 18. The largest absolute Gasteiger partial charge is 0.456 e. The predicted octanol–water partition coefficient (Wildman–Crippen LogP) is 34.2. The van der Waals surface area contributed by atoms with Crippen molar-refractivity contribution in [1.82, 2.24) is 43.6 Å². The van der Waals surface area contributed by atoms with Crippen LogP contribution in [0.25, 0.3) is 237 Å². The SMILES string of the molecule is CC1(C)c2ccccc2-c2c(-c3cccc(-n4c5ccccc5c5c6c(ccc54)oc4ccccc46)c3)nc(-c3ccccc3)nc21.CC1(C)c2ccccc2-c2c(-c3cccc(-n4c5ccccc5c5c6c(ccc54)sc4ccccc46)c3)nc(-c3ccccc3)nc21.CC1(C)c2ccccc2-c2c1ccc1c2c2ccccc2n1-c1ccc(-c2nc(-c3ccccc3)nc3c2-c2ccccc2C3(C)C)cc1. The second-order valence-corrected chi connectivity index (χ2v) is 41.7. The Kier molecular flexibility index (Phi) is 18.5. The molecule has 8 heterocycles. The average Bonchev–Trinajstić information content (AvgIpc) is 1.52. The third-order valence-corrected chi connectivity index (χ3v) is 32.2. The number of nitrogens with zero attached hydrogens (tertiary/aromatic N) is 9. The van der Waals surface area contributed by atoms with Gasteiger partial charge < -0.3 is 18.1 Å². The van der Waals surface area contributed by atoms with Crippen LogP contribution >= 0.6 is 11.3 Å². The van der Waals surface area contributed by atoms with Crippen LogP contribution in [0.2, 0.25) is 0 Å². The van der Waals surface area contributed by atoms with E-state index in [9.17, 15) is 0 Å². The minimum absolute atomic E-state index is 0.0471. The predicted molar refractivity (Wildman–Crippen MR) is 592 cm³/mol. The Morgan fingerprint density at radius 1 is 0.210 bits per heavy atom. The molecule has 143 heavy (non-hydrogen) atoms. The molecule has 0 spiro atoms. The number of para-hydroxylation sites is 4. The van der Waals surface area contributed by atoms with E-state index in [0.29, 0.717) is 0 Å². The van der Waals surface area contributed by atoms with Crippen molar-refractivity contribution in [3.63, 3.8) is 0 Å². The van der Waals surface area contributed by atoms with E-state index in [2.05, 4.69) is 457 Å². The molecule has 0 fully saturated rings. The molecule has 0 radical (unpaired) electrons. The van der Waals surface area contributed by atoms with E-state index < -0.39 is 0 Å². The molecule has 4 aliphatic rings. The van der Waals surface area contributed by atoms with Crippen molar-refractivity contribution in [3.05, 3.63) is 463 Å². The summed E-state index contributed by atoms with van der Waals surface area (Å²) in [5.74, 6) is 2.27. The molecule has 4 aliphatic carbocycles. The fraction of sp³-hybridized carbons (Fsp3) is 0.0909. The fourth-order valence-electron chi connectivity index (χ4n) is 24.4. The first-order valence-corrected chi connectivity index (χ1v) is 50.2. The van der Waals surface area contributed by atoms with Gasteiger partial charge in [-0.05, 0) is 153 Å². The van der Waals surface area contributed by atoms with E-state index in [-0.39, 0.29) is 21.7 Å². The van der Waals surface area contributed by atoms with E-state index in [1.54, 1.807) is 0 Å². The molecule has 8 aromatic heterocycles. The van der Waals surface area contributed by atoms with Crippen LogP contribution in [0.5, 0.6) is 0 Å². The molecule has 0 unspecified atom stereocenters. The normalized spacial score (nSPS) is 14.0. The lowest BCUT2D eigenvalue weighted by atomic mass is 9.82. The van der Waals surface area contributed by atoms with E-state index in [4.69, 9.17) is 34.3 Å². The summed E-state index contributed by atoms with van der Waals surface area (Å²) < 4.78 is 16.2. The summed E-state index contributed by atoms with van der Waals surface area (Å²) in [5, 5.41) is 12.6. The monoisotopic (exact) mass is 1850 g/mol. The molecular weight excluding hydrogens is 1760 g/mol. The van der Waals surface area contributed by atoms with Gasteiger partial charge in [0, 0.05) is 152 Å². The lowest BCUT2D eigenvalue weighted by molar-refractivity contribution is 0.636. The molecule has 0 atom stereocenters. The Morgan fingerprint density at radius 3 is 1.05 bits per heavy atom. The highest BCUT2D eigenvalue weighted by Crippen LogP contribution is 2.59. The van der Waals surface area contributed by atoms with E-state index in [0.717, 1.165) is 152 Å². The highest BCUT2D eigenvalue weighted by Gasteiger charge is 2.45. The Balaban J connectivity index is 0.000000105. The van der Waals surface area contributed by atoms with Crippen LogP contribution in [0.1, 0.15) is 100 Å². The third kappa shape index (κ3) is 12.5. The molecule has 11 heteroatoms. The lowest BCUT2D eigenvalue weighted by Gasteiger charge is -2.21. The Labute approximate surface area is 830 Å². The number of aromatic nitrogens is 9. The maximum absolute atomic E-state index is 6.31. The fourth-order valence-corrected chi connectivity index (χ4v) is 25.5. The van der Waals surface area contributed by atoms with Crippen molar-refractivity contribution in [2.45, 2.75) is 77.0 Å². The van der Waals surface area contributed by atoms with Gasteiger partial charge in [0.2, 0.25) is 0 Å². The highest BCUT2D eigenvalue weighted by molar-refractivity contribution is 7.26. The summed E-state index contributed by atoms with van der Waals surface area (Å²) in [5.41, 5.74) is 40.4. The highest BCUT2D eigenvalue weighted by atomic mass is 32.1. The van der Waals surface area contributed by atoms with Crippen LogP contribution in [-0.4, -0.2) is 43.6 Å². The molecule has 0 saturated heterocycles. The molecule has 0 amide bonds. The van der Waals surface area contributed by atoms with Crippen molar-refractivity contribution in [2.75, 3.05) is 0 Å². The van der Waals surface area contributed by atoms with Crippen LogP contribution in [0, 0.1) is 0 Å². The van der Waals surface area contributed by atoms with Gasteiger partial charge in [-0.1, -0.05) is 377 Å². The maximum Gasteiger partial charge on any atom is 0.160 e. The number of hydrogen-bond acceptors (Lipinski definition) is 8. The first-order valence-electron chi connectivity index (χ1n) is 49.4. The van der Waals surface area contributed by atoms with Gasteiger partial charge in [0.15, 0.2) is 17.5 Å². The molecule has 18 aromatic carbocycles. The van der Waals surface area contributed by atoms with Gasteiger partial charge in [-0.25, -0.2) is 29.9 Å². The van der Waals surface area contributed by atoms with Crippen molar-refractivity contribution in [1.29, 1.82) is 0 Å². The van der Waals surface area contributed by atoms with Crippen molar-refractivity contribution < 1.29 is 4.42 Å². The van der Waals surface area contributed by atoms with Gasteiger partial charge in [-0.3, -0.25) is 0 Å². The summed E-state index contributed by atoms with van der Waals surface area (Å²) in [4.78, 5) is 31.7. The quantitative estimate of drug-likeness (QED) is 0.142. The molecule has 26 aromatic rings. The molecule has 0 N–H and O–H groups in total. The topological polar surface area (TPSA) is 105 Å². The second kappa shape index (κ2) is 31.6. The molecule has 678 valence electrons. The van der Waals surface area contributed by atoms with Gasteiger partial charge in [-0.15, -0.1) is 11.3 Å². The third-order valence-electron chi connectivity index (χ3n) is 31.1. The van der Waals surface area contributed by atoms with Gasteiger partial charge >= 0.3 is 0 Å². The number of hydrogen-bond donors (Lipinski definition) is 0. The van der Waals surface area contributed by atoms with Gasteiger partial charge in [0.05, 0.1) is 67.3 Å². The van der Waals surface area contributed by atoms with E-state index in [1.165, 1.54) is 130 Å². The molecule has 0 saturated carbocycles.